The summed E-state index contributed by atoms with van der Waals surface area (Å²) in [5.74, 6) is 0.745. The summed E-state index contributed by atoms with van der Waals surface area (Å²) in [6, 6.07) is 6.31. The number of anilines is 2. The number of carbonyl (C=O) groups excluding carboxylic acids is 1. The summed E-state index contributed by atoms with van der Waals surface area (Å²) in [5, 5.41) is 3.50. The molecule has 4 heteroatoms. The van der Waals surface area contributed by atoms with Crippen LogP contribution in [0.2, 0.25) is 0 Å². The minimum Gasteiger partial charge on any atom is -0.385 e. The molecule has 2 aliphatic heterocycles. The van der Waals surface area contributed by atoms with Gasteiger partial charge in [0.15, 0.2) is 0 Å². The Kier molecular flexibility index (Phi) is 3.92. The fourth-order valence-electron chi connectivity index (χ4n) is 3.07. The Hall–Kier alpha value is -1.55. The van der Waals surface area contributed by atoms with E-state index in [0.717, 1.165) is 44.1 Å². The van der Waals surface area contributed by atoms with Crippen LogP contribution in [-0.2, 0) is 16.0 Å². The number of rotatable bonds is 3. The Labute approximate surface area is 120 Å². The summed E-state index contributed by atoms with van der Waals surface area (Å²) >= 11 is 0. The van der Waals surface area contributed by atoms with Crippen LogP contribution in [0.4, 0.5) is 11.4 Å². The van der Waals surface area contributed by atoms with Gasteiger partial charge in [-0.15, -0.1) is 0 Å². The van der Waals surface area contributed by atoms with E-state index in [1.165, 1.54) is 18.4 Å². The topological polar surface area (TPSA) is 41.6 Å². The van der Waals surface area contributed by atoms with E-state index in [1.807, 2.05) is 4.90 Å². The Morgan fingerprint density at radius 2 is 2.40 bits per heavy atom. The standard InChI is InChI=1S/C16H22N2O2/c1-12(19)18-7-6-14-9-15(4-5-16(14)18)17-10-13-3-2-8-20-11-13/h4-5,9,13,17H,2-3,6-8,10-11H2,1H3. The highest BCUT2D eigenvalue weighted by molar-refractivity contribution is 5.94. The quantitative estimate of drug-likeness (QED) is 0.920. The number of benzene rings is 1. The number of nitrogens with zero attached hydrogens (tertiary/aromatic N) is 1. The lowest BCUT2D eigenvalue weighted by molar-refractivity contribution is -0.116. The molecular weight excluding hydrogens is 252 g/mol. The van der Waals surface area contributed by atoms with Gasteiger partial charge in [-0.3, -0.25) is 4.79 Å². The van der Waals surface area contributed by atoms with Crippen molar-refractivity contribution < 1.29 is 9.53 Å². The van der Waals surface area contributed by atoms with Crippen LogP contribution in [0.5, 0.6) is 0 Å². The van der Waals surface area contributed by atoms with Crippen LogP contribution >= 0.6 is 0 Å². The van der Waals surface area contributed by atoms with Gasteiger partial charge in [-0.2, -0.15) is 0 Å². The summed E-state index contributed by atoms with van der Waals surface area (Å²) in [4.78, 5) is 13.4. The average molecular weight is 274 g/mol. The lowest BCUT2D eigenvalue weighted by Crippen LogP contribution is -2.25. The fraction of sp³-hybridized carbons (Fsp3) is 0.562. The summed E-state index contributed by atoms with van der Waals surface area (Å²) < 4.78 is 5.50. The maximum Gasteiger partial charge on any atom is 0.223 e. The highest BCUT2D eigenvalue weighted by Gasteiger charge is 2.22. The van der Waals surface area contributed by atoms with E-state index in [2.05, 4.69) is 23.5 Å². The molecule has 0 spiro atoms. The predicted molar refractivity (Wildman–Crippen MR) is 80.2 cm³/mol. The third-order valence-electron chi connectivity index (χ3n) is 4.20. The van der Waals surface area contributed by atoms with Gasteiger partial charge in [0, 0.05) is 38.0 Å². The fourth-order valence-corrected chi connectivity index (χ4v) is 3.07. The van der Waals surface area contributed by atoms with E-state index in [4.69, 9.17) is 4.74 Å². The molecule has 1 saturated heterocycles. The second kappa shape index (κ2) is 5.83. The molecule has 2 heterocycles. The minimum absolute atomic E-state index is 0.129. The number of fused-ring (bicyclic) bond motifs is 1. The van der Waals surface area contributed by atoms with Crippen molar-refractivity contribution in [3.63, 3.8) is 0 Å². The van der Waals surface area contributed by atoms with Gasteiger partial charge in [-0.25, -0.2) is 0 Å². The molecule has 0 saturated carbocycles. The van der Waals surface area contributed by atoms with Crippen molar-refractivity contribution in [1.82, 2.24) is 0 Å². The van der Waals surface area contributed by atoms with Crippen molar-refractivity contribution in [1.29, 1.82) is 0 Å². The largest absolute Gasteiger partial charge is 0.385 e. The first-order valence-corrected chi connectivity index (χ1v) is 7.46. The third-order valence-corrected chi connectivity index (χ3v) is 4.20. The predicted octanol–water partition coefficient (Wildman–Crippen LogP) is 2.43. The molecule has 1 atom stereocenters. The number of ether oxygens (including phenoxy) is 1. The summed E-state index contributed by atoms with van der Waals surface area (Å²) in [6.07, 6.45) is 3.37. The van der Waals surface area contributed by atoms with E-state index in [9.17, 15) is 4.79 Å². The zero-order valence-electron chi connectivity index (χ0n) is 12.0. The highest BCUT2D eigenvalue weighted by atomic mass is 16.5. The van der Waals surface area contributed by atoms with Gasteiger partial charge < -0.3 is 15.0 Å². The lowest BCUT2D eigenvalue weighted by Gasteiger charge is -2.23. The number of hydrogen-bond acceptors (Lipinski definition) is 3. The molecule has 1 aromatic rings. The molecule has 20 heavy (non-hydrogen) atoms. The molecule has 1 aromatic carbocycles. The lowest BCUT2D eigenvalue weighted by atomic mass is 10.0. The van der Waals surface area contributed by atoms with E-state index >= 15 is 0 Å². The molecule has 1 N–H and O–H groups in total. The van der Waals surface area contributed by atoms with Crippen molar-refractivity contribution in [2.75, 3.05) is 36.5 Å². The zero-order chi connectivity index (χ0) is 13.9. The van der Waals surface area contributed by atoms with Gasteiger partial charge in [0.05, 0.1) is 6.61 Å². The van der Waals surface area contributed by atoms with Gasteiger partial charge in [0.2, 0.25) is 5.91 Å². The summed E-state index contributed by atoms with van der Waals surface area (Å²) in [6.45, 7) is 5.19. The van der Waals surface area contributed by atoms with Crippen molar-refractivity contribution in [2.45, 2.75) is 26.2 Å². The maximum atomic E-state index is 11.5. The normalized spacial score (nSPS) is 21.6. The van der Waals surface area contributed by atoms with Gasteiger partial charge in [0.25, 0.3) is 0 Å². The van der Waals surface area contributed by atoms with Crippen LogP contribution in [0.25, 0.3) is 0 Å². The number of amides is 1. The van der Waals surface area contributed by atoms with Crippen LogP contribution in [0.1, 0.15) is 25.3 Å². The van der Waals surface area contributed by atoms with Crippen LogP contribution in [0.15, 0.2) is 18.2 Å². The van der Waals surface area contributed by atoms with E-state index < -0.39 is 0 Å². The Morgan fingerprint density at radius 3 is 3.15 bits per heavy atom. The summed E-state index contributed by atoms with van der Waals surface area (Å²) in [7, 11) is 0. The van der Waals surface area contributed by atoms with Crippen LogP contribution in [0, 0.1) is 5.92 Å². The number of nitrogens with one attached hydrogen (secondary N) is 1. The SMILES string of the molecule is CC(=O)N1CCc2cc(NCC3CCCOC3)ccc21. The monoisotopic (exact) mass is 274 g/mol. The second-order valence-corrected chi connectivity index (χ2v) is 5.73. The third kappa shape index (κ3) is 2.80. The average Bonchev–Trinajstić information content (AvgIpc) is 2.89. The second-order valence-electron chi connectivity index (χ2n) is 5.73. The molecule has 2 aliphatic rings. The van der Waals surface area contributed by atoms with Gasteiger partial charge in [-0.1, -0.05) is 0 Å². The zero-order valence-corrected chi connectivity index (χ0v) is 12.0. The van der Waals surface area contributed by atoms with Gasteiger partial charge in [0.1, 0.15) is 0 Å². The molecule has 0 bridgehead atoms. The molecule has 108 valence electrons. The Balaban J connectivity index is 1.63. The summed E-state index contributed by atoms with van der Waals surface area (Å²) in [5.41, 5.74) is 3.49. The molecule has 1 fully saturated rings. The highest BCUT2D eigenvalue weighted by Crippen LogP contribution is 2.30. The molecule has 1 amide bonds. The van der Waals surface area contributed by atoms with Crippen LogP contribution in [-0.4, -0.2) is 32.2 Å². The van der Waals surface area contributed by atoms with Crippen molar-refractivity contribution in [3.8, 4) is 0 Å². The van der Waals surface area contributed by atoms with Crippen LogP contribution < -0.4 is 10.2 Å². The van der Waals surface area contributed by atoms with E-state index in [0.29, 0.717) is 5.92 Å². The Morgan fingerprint density at radius 1 is 1.50 bits per heavy atom. The van der Waals surface area contributed by atoms with E-state index in [-0.39, 0.29) is 5.91 Å². The minimum atomic E-state index is 0.129. The van der Waals surface area contributed by atoms with Crippen molar-refractivity contribution in [2.24, 2.45) is 5.92 Å². The van der Waals surface area contributed by atoms with Crippen LogP contribution in [0.3, 0.4) is 0 Å². The van der Waals surface area contributed by atoms with Gasteiger partial charge >= 0.3 is 0 Å². The van der Waals surface area contributed by atoms with E-state index in [1.54, 1.807) is 6.92 Å². The first kappa shape index (κ1) is 13.4. The molecule has 3 rings (SSSR count). The number of carbonyl (C=O) groups is 1. The van der Waals surface area contributed by atoms with Gasteiger partial charge in [-0.05, 0) is 48.9 Å². The smallest absolute Gasteiger partial charge is 0.223 e. The molecule has 0 aliphatic carbocycles. The molecule has 0 aromatic heterocycles. The van der Waals surface area contributed by atoms with Crippen molar-refractivity contribution >= 4 is 17.3 Å². The molecule has 4 nitrogen and oxygen atoms in total. The molecule has 1 unspecified atom stereocenters. The number of hydrogen-bond donors (Lipinski definition) is 1. The maximum absolute atomic E-state index is 11.5. The van der Waals surface area contributed by atoms with Crippen molar-refractivity contribution in [3.05, 3.63) is 23.8 Å². The molecular formula is C16H22N2O2. The Bertz CT molecular complexity index is 495. The molecule has 0 radical (unpaired) electrons. The first-order valence-electron chi connectivity index (χ1n) is 7.46. The first-order chi connectivity index (χ1) is 9.74.